The number of nitrogens with one attached hydrogen (secondary N) is 3. The molecule has 2 aromatic carbocycles. The zero-order chi connectivity index (χ0) is 21.6. The van der Waals surface area contributed by atoms with Crippen molar-refractivity contribution >= 4 is 27.5 Å². The number of hydrogen-bond donors (Lipinski definition) is 3. The highest BCUT2D eigenvalue weighted by Gasteiger charge is 2.19. The van der Waals surface area contributed by atoms with Gasteiger partial charge in [0.15, 0.2) is 0 Å². The lowest BCUT2D eigenvalue weighted by Crippen LogP contribution is -2.31. The first-order chi connectivity index (χ1) is 14.3. The molecule has 1 heterocycles. The minimum atomic E-state index is -3.73. The Labute approximate surface area is 177 Å². The zero-order valence-electron chi connectivity index (χ0n) is 17.0. The first-order valence-corrected chi connectivity index (χ1v) is 11.6. The monoisotopic (exact) mass is 429 g/mol. The summed E-state index contributed by atoms with van der Waals surface area (Å²) >= 11 is 0. The molecule has 160 valence electrons. The van der Waals surface area contributed by atoms with E-state index in [-0.39, 0.29) is 29.7 Å². The molecule has 0 aromatic heterocycles. The molecule has 7 nitrogen and oxygen atoms in total. The van der Waals surface area contributed by atoms with Crippen LogP contribution in [0.25, 0.3) is 0 Å². The van der Waals surface area contributed by atoms with Gasteiger partial charge in [-0.1, -0.05) is 29.8 Å². The third-order valence-electron chi connectivity index (χ3n) is 5.01. The number of rotatable bonds is 8. The van der Waals surface area contributed by atoms with E-state index in [0.717, 1.165) is 17.5 Å². The van der Waals surface area contributed by atoms with E-state index in [1.807, 2.05) is 31.2 Å². The Kier molecular flexibility index (Phi) is 7.23. The Morgan fingerprint density at radius 3 is 2.60 bits per heavy atom. The van der Waals surface area contributed by atoms with Crippen LogP contribution in [-0.2, 0) is 32.5 Å². The second-order valence-electron chi connectivity index (χ2n) is 7.45. The van der Waals surface area contributed by atoms with Gasteiger partial charge in [-0.25, -0.2) is 13.1 Å². The molecule has 0 bridgehead atoms. The highest BCUT2D eigenvalue weighted by atomic mass is 32.2. The van der Waals surface area contributed by atoms with E-state index in [2.05, 4.69) is 15.4 Å². The number of carbonyl (C=O) groups excluding carboxylic acids is 2. The van der Waals surface area contributed by atoms with Crippen molar-refractivity contribution in [2.45, 2.75) is 43.9 Å². The molecular weight excluding hydrogens is 402 g/mol. The van der Waals surface area contributed by atoms with Crippen LogP contribution in [0.5, 0.6) is 0 Å². The molecule has 8 heteroatoms. The standard InChI is InChI=1S/C22H27N3O4S/c1-16-5-7-17(8-6-16)11-13-23-21(26)12-14-24-30(28,29)19-9-10-20-18(15-19)3-2-4-22(27)25-20/h5-10,15,24H,2-4,11-14H2,1H3,(H,23,26)(H,25,27). The van der Waals surface area contributed by atoms with Crippen molar-refractivity contribution < 1.29 is 18.0 Å². The molecule has 0 spiro atoms. The van der Waals surface area contributed by atoms with Gasteiger partial charge in [-0.3, -0.25) is 9.59 Å². The molecule has 1 aliphatic rings. The average molecular weight is 430 g/mol. The largest absolute Gasteiger partial charge is 0.356 e. The molecule has 30 heavy (non-hydrogen) atoms. The highest BCUT2D eigenvalue weighted by Crippen LogP contribution is 2.25. The number of carbonyl (C=O) groups is 2. The maximum absolute atomic E-state index is 12.5. The van der Waals surface area contributed by atoms with Gasteiger partial charge < -0.3 is 10.6 Å². The van der Waals surface area contributed by atoms with Crippen molar-refractivity contribution in [1.82, 2.24) is 10.0 Å². The summed E-state index contributed by atoms with van der Waals surface area (Å²) in [4.78, 5) is 23.7. The molecule has 0 saturated carbocycles. The lowest BCUT2D eigenvalue weighted by atomic mass is 10.1. The van der Waals surface area contributed by atoms with E-state index >= 15 is 0 Å². The molecule has 3 N–H and O–H groups in total. The van der Waals surface area contributed by atoms with Crippen LogP contribution in [0.1, 0.15) is 36.0 Å². The fraction of sp³-hybridized carbons (Fsp3) is 0.364. The molecule has 0 aliphatic carbocycles. The van der Waals surface area contributed by atoms with Crippen molar-refractivity contribution in [1.29, 1.82) is 0 Å². The Bertz CT molecular complexity index is 1020. The fourth-order valence-electron chi connectivity index (χ4n) is 3.29. The summed E-state index contributed by atoms with van der Waals surface area (Å²) in [7, 11) is -3.73. The van der Waals surface area contributed by atoms with Crippen molar-refractivity contribution in [3.63, 3.8) is 0 Å². The predicted molar refractivity (Wildman–Crippen MR) is 116 cm³/mol. The van der Waals surface area contributed by atoms with Gasteiger partial charge in [0.25, 0.3) is 0 Å². The molecule has 0 atom stereocenters. The van der Waals surface area contributed by atoms with Crippen molar-refractivity contribution in [2.24, 2.45) is 0 Å². The Morgan fingerprint density at radius 2 is 1.83 bits per heavy atom. The van der Waals surface area contributed by atoms with E-state index < -0.39 is 10.0 Å². The van der Waals surface area contributed by atoms with Crippen molar-refractivity contribution in [2.75, 3.05) is 18.4 Å². The topological polar surface area (TPSA) is 104 Å². The summed E-state index contributed by atoms with van der Waals surface area (Å²) in [5, 5.41) is 5.60. The number of sulfonamides is 1. The second-order valence-corrected chi connectivity index (χ2v) is 9.22. The van der Waals surface area contributed by atoms with E-state index in [0.29, 0.717) is 31.5 Å². The zero-order valence-corrected chi connectivity index (χ0v) is 17.8. The van der Waals surface area contributed by atoms with Gasteiger partial charge in [0.2, 0.25) is 21.8 Å². The number of aryl methyl sites for hydroxylation is 2. The smallest absolute Gasteiger partial charge is 0.240 e. The van der Waals surface area contributed by atoms with Gasteiger partial charge in [0.05, 0.1) is 4.90 Å². The maximum Gasteiger partial charge on any atom is 0.240 e. The van der Waals surface area contributed by atoms with Crippen LogP contribution >= 0.6 is 0 Å². The number of amides is 2. The number of anilines is 1. The van der Waals surface area contributed by atoms with Crippen LogP contribution < -0.4 is 15.4 Å². The van der Waals surface area contributed by atoms with E-state index in [1.54, 1.807) is 12.1 Å². The van der Waals surface area contributed by atoms with Crippen LogP contribution in [0.4, 0.5) is 5.69 Å². The molecular formula is C22H27N3O4S. The van der Waals surface area contributed by atoms with Gasteiger partial charge in [-0.2, -0.15) is 0 Å². The summed E-state index contributed by atoms with van der Waals surface area (Å²) in [5.41, 5.74) is 3.79. The van der Waals surface area contributed by atoms with Gasteiger partial charge in [0.1, 0.15) is 0 Å². The number of hydrogen-bond acceptors (Lipinski definition) is 4. The molecule has 2 aromatic rings. The third-order valence-corrected chi connectivity index (χ3v) is 6.47. The summed E-state index contributed by atoms with van der Waals surface area (Å²) in [6.45, 7) is 2.55. The lowest BCUT2D eigenvalue weighted by molar-refractivity contribution is -0.121. The quantitative estimate of drug-likeness (QED) is 0.599. The fourth-order valence-corrected chi connectivity index (χ4v) is 4.37. The third kappa shape index (κ3) is 6.14. The van der Waals surface area contributed by atoms with Crippen molar-refractivity contribution in [3.8, 4) is 0 Å². The highest BCUT2D eigenvalue weighted by molar-refractivity contribution is 7.89. The minimum Gasteiger partial charge on any atom is -0.356 e. The molecule has 2 amide bonds. The molecule has 1 aliphatic heterocycles. The van der Waals surface area contributed by atoms with E-state index in [9.17, 15) is 18.0 Å². The average Bonchev–Trinajstić information content (AvgIpc) is 2.89. The normalized spacial score (nSPS) is 13.8. The van der Waals surface area contributed by atoms with E-state index in [1.165, 1.54) is 11.6 Å². The van der Waals surface area contributed by atoms with Crippen LogP contribution in [0.3, 0.4) is 0 Å². The van der Waals surface area contributed by atoms with Gasteiger partial charge in [0, 0.05) is 31.6 Å². The van der Waals surface area contributed by atoms with Gasteiger partial charge in [-0.15, -0.1) is 0 Å². The first kappa shape index (κ1) is 22.0. The summed E-state index contributed by atoms with van der Waals surface area (Å²) in [6, 6.07) is 12.8. The molecule has 0 fully saturated rings. The van der Waals surface area contributed by atoms with Crippen LogP contribution in [-0.4, -0.2) is 33.3 Å². The molecule has 0 radical (unpaired) electrons. The minimum absolute atomic E-state index is 0.0204. The Hall–Kier alpha value is -2.71. The number of benzene rings is 2. The van der Waals surface area contributed by atoms with Crippen molar-refractivity contribution in [3.05, 3.63) is 59.2 Å². The van der Waals surface area contributed by atoms with Crippen LogP contribution in [0.2, 0.25) is 0 Å². The summed E-state index contributed by atoms with van der Waals surface area (Å²) in [5.74, 6) is -0.259. The summed E-state index contributed by atoms with van der Waals surface area (Å²) in [6.07, 6.45) is 2.53. The first-order valence-electron chi connectivity index (χ1n) is 10.1. The second kappa shape index (κ2) is 9.86. The number of fused-ring (bicyclic) bond motifs is 1. The summed E-state index contributed by atoms with van der Waals surface area (Å²) < 4.78 is 27.6. The Balaban J connectivity index is 1.46. The van der Waals surface area contributed by atoms with E-state index in [4.69, 9.17) is 0 Å². The Morgan fingerprint density at radius 1 is 1.07 bits per heavy atom. The lowest BCUT2D eigenvalue weighted by Gasteiger charge is -2.11. The molecule has 3 rings (SSSR count). The van der Waals surface area contributed by atoms with Gasteiger partial charge >= 0.3 is 0 Å². The van der Waals surface area contributed by atoms with Crippen LogP contribution in [0, 0.1) is 6.92 Å². The van der Waals surface area contributed by atoms with Gasteiger partial charge in [-0.05, 0) is 55.5 Å². The SMILES string of the molecule is Cc1ccc(CCNC(=O)CCNS(=O)(=O)c2ccc3c(c2)CCCC(=O)N3)cc1. The predicted octanol–water partition coefficient (Wildman–Crippen LogP) is 2.30. The molecule has 0 saturated heterocycles. The van der Waals surface area contributed by atoms with Crippen LogP contribution in [0.15, 0.2) is 47.4 Å². The molecule has 0 unspecified atom stereocenters. The maximum atomic E-state index is 12.5.